The summed E-state index contributed by atoms with van der Waals surface area (Å²) in [5.74, 6) is -1.33. The molecule has 0 unspecified atom stereocenters. The Morgan fingerprint density at radius 2 is 1.87 bits per heavy atom. The molecule has 0 atom stereocenters. The van der Waals surface area contributed by atoms with Crippen molar-refractivity contribution in [3.63, 3.8) is 0 Å². The molecule has 0 aliphatic carbocycles. The summed E-state index contributed by atoms with van der Waals surface area (Å²) in [5.41, 5.74) is 1.04. The molecule has 0 spiro atoms. The molecule has 2 amide bonds. The van der Waals surface area contributed by atoms with Crippen LogP contribution in [0.1, 0.15) is 25.0 Å². The van der Waals surface area contributed by atoms with Crippen LogP contribution in [0, 0.1) is 11.6 Å². The highest BCUT2D eigenvalue weighted by molar-refractivity contribution is 7.98. The summed E-state index contributed by atoms with van der Waals surface area (Å²) in [4.78, 5) is 25.2. The molecule has 2 heterocycles. The first-order valence-corrected chi connectivity index (χ1v) is 14.4. The van der Waals surface area contributed by atoms with E-state index in [1.54, 1.807) is 6.20 Å². The number of fused-ring (bicyclic) bond motifs is 1. The van der Waals surface area contributed by atoms with E-state index in [-0.39, 0.29) is 30.0 Å². The van der Waals surface area contributed by atoms with Gasteiger partial charge >= 0.3 is 6.03 Å². The Bertz CT molecular complexity index is 1440. The van der Waals surface area contributed by atoms with E-state index in [1.165, 1.54) is 52.9 Å². The summed E-state index contributed by atoms with van der Waals surface area (Å²) < 4.78 is 60.9. The summed E-state index contributed by atoms with van der Waals surface area (Å²) in [6, 6.07) is 8.28. The maximum absolute atomic E-state index is 15.5. The van der Waals surface area contributed by atoms with E-state index >= 15 is 4.39 Å². The minimum Gasteiger partial charge on any atom is -0.363 e. The molecule has 202 valence electrons. The molecule has 2 aromatic carbocycles. The van der Waals surface area contributed by atoms with Crippen LogP contribution in [0.3, 0.4) is 0 Å². The highest BCUT2D eigenvalue weighted by atomic mass is 32.2. The Hall–Kier alpha value is -3.29. The molecule has 0 saturated carbocycles. The number of hydrogen-bond acceptors (Lipinski definition) is 7. The quantitative estimate of drug-likeness (QED) is 0.210. The second kappa shape index (κ2) is 11.2. The van der Waals surface area contributed by atoms with Crippen molar-refractivity contribution in [1.82, 2.24) is 9.97 Å². The lowest BCUT2D eigenvalue weighted by atomic mass is 10.1. The van der Waals surface area contributed by atoms with Crippen molar-refractivity contribution >= 4 is 45.0 Å². The van der Waals surface area contributed by atoms with Crippen LogP contribution in [0.2, 0.25) is 0 Å². The van der Waals surface area contributed by atoms with E-state index in [0.29, 0.717) is 22.1 Å². The lowest BCUT2D eigenvalue weighted by molar-refractivity contribution is 0.209. The zero-order valence-corrected chi connectivity index (χ0v) is 22.9. The van der Waals surface area contributed by atoms with Gasteiger partial charge in [-0.25, -0.2) is 36.3 Å². The average molecular weight is 564 g/mol. The normalized spacial score (nSPS) is 13.7. The smallest absolute Gasteiger partial charge is 0.330 e. The number of carbonyl (C=O) groups excluding carboxylic acids is 1. The Kier molecular flexibility index (Phi) is 8.19. The third kappa shape index (κ3) is 5.59. The van der Waals surface area contributed by atoms with Crippen molar-refractivity contribution in [2.45, 2.75) is 37.3 Å². The average Bonchev–Trinajstić information content (AvgIpc) is 2.87. The van der Waals surface area contributed by atoms with Crippen LogP contribution in [0.4, 0.5) is 30.8 Å². The summed E-state index contributed by atoms with van der Waals surface area (Å²) in [5, 5.41) is 0.533. The molecule has 0 radical (unpaired) electrons. The monoisotopic (exact) mass is 563 g/mol. The molecule has 13 heteroatoms. The first-order valence-electron chi connectivity index (χ1n) is 11.6. The minimum absolute atomic E-state index is 0.121. The van der Waals surface area contributed by atoms with Gasteiger partial charge in [0.2, 0.25) is 10.0 Å². The number of ether oxygens (including phenoxy) is 1. The number of aromatic nitrogens is 2. The number of amides is 2. The summed E-state index contributed by atoms with van der Waals surface area (Å²) in [7, 11) is -2.81. The van der Waals surface area contributed by atoms with Crippen LogP contribution in [0.15, 0.2) is 53.8 Å². The number of methoxy groups -OCH3 is 1. The van der Waals surface area contributed by atoms with Crippen molar-refractivity contribution < 1.29 is 26.7 Å². The molecule has 1 aliphatic heterocycles. The number of carbonyl (C=O) groups is 1. The van der Waals surface area contributed by atoms with Gasteiger partial charge in [-0.2, -0.15) is 0 Å². The van der Waals surface area contributed by atoms with Gasteiger partial charge in [-0.3, -0.25) is 9.80 Å². The summed E-state index contributed by atoms with van der Waals surface area (Å²) in [6.45, 7) is 3.39. The van der Waals surface area contributed by atoms with Gasteiger partial charge < -0.3 is 4.74 Å². The van der Waals surface area contributed by atoms with E-state index in [9.17, 15) is 17.6 Å². The van der Waals surface area contributed by atoms with Crippen LogP contribution in [-0.4, -0.2) is 50.6 Å². The van der Waals surface area contributed by atoms with Gasteiger partial charge in [-0.15, -0.1) is 0 Å². The second-order valence-corrected chi connectivity index (χ2v) is 11.5. The van der Waals surface area contributed by atoms with E-state index in [1.807, 2.05) is 20.1 Å². The minimum atomic E-state index is -4.10. The molecule has 0 bridgehead atoms. The van der Waals surface area contributed by atoms with Crippen LogP contribution in [0.25, 0.3) is 0 Å². The molecule has 38 heavy (non-hydrogen) atoms. The molecule has 9 nitrogen and oxygen atoms in total. The van der Waals surface area contributed by atoms with Crippen molar-refractivity contribution in [2.75, 3.05) is 34.2 Å². The zero-order chi connectivity index (χ0) is 27.6. The first-order chi connectivity index (χ1) is 18.1. The maximum atomic E-state index is 15.5. The molecule has 0 fully saturated rings. The lowest BCUT2D eigenvalue weighted by Crippen LogP contribution is -2.51. The number of nitrogens with zero attached hydrogens (tertiary/aromatic N) is 5. The number of halogens is 2. The number of thioether (sulfide) groups is 1. The van der Waals surface area contributed by atoms with Gasteiger partial charge in [0.05, 0.1) is 18.0 Å². The molecule has 1 aromatic heterocycles. The van der Waals surface area contributed by atoms with E-state index in [2.05, 4.69) is 9.97 Å². The van der Waals surface area contributed by atoms with Gasteiger partial charge in [0.15, 0.2) is 5.16 Å². The number of anilines is 3. The predicted molar refractivity (Wildman–Crippen MR) is 143 cm³/mol. The largest absolute Gasteiger partial charge is 0.363 e. The molecule has 1 aliphatic rings. The van der Waals surface area contributed by atoms with Crippen molar-refractivity contribution in [3.8, 4) is 0 Å². The molecule has 3 aromatic rings. The SMILES string of the molecule is COCN(c1ccc(N2Cc3cnc(SC)nc3N(C(C)C)C2=O)cc1F)S(=O)(=O)Cc1ccc(F)cc1. The highest BCUT2D eigenvalue weighted by Gasteiger charge is 2.35. The molecular weight excluding hydrogens is 536 g/mol. The molecule has 0 N–H and O–H groups in total. The van der Waals surface area contributed by atoms with E-state index in [0.717, 1.165) is 22.5 Å². The van der Waals surface area contributed by atoms with Gasteiger partial charge in [-0.1, -0.05) is 23.9 Å². The number of rotatable bonds is 9. The standard InChI is InChI=1S/C25H27F2N5O4S2/c1-16(2)32-23-18(12-28-24(29-23)37-4)13-30(25(32)33)20-9-10-22(21(27)11-20)31(15-36-3)38(34,35)14-17-5-7-19(26)8-6-17/h5-12,16H,13-15H2,1-4H3. The lowest BCUT2D eigenvalue weighted by Gasteiger charge is -2.38. The molecule has 0 saturated heterocycles. The molecule has 4 rings (SSSR count). The van der Waals surface area contributed by atoms with Crippen molar-refractivity contribution in [1.29, 1.82) is 0 Å². The maximum Gasteiger partial charge on any atom is 0.330 e. The summed E-state index contributed by atoms with van der Waals surface area (Å²) >= 11 is 1.36. The van der Waals surface area contributed by atoms with Gasteiger partial charge in [-0.05, 0) is 56.0 Å². The Morgan fingerprint density at radius 3 is 2.47 bits per heavy atom. The molecular formula is C25H27F2N5O4S2. The Balaban J connectivity index is 1.67. The fraction of sp³-hybridized carbons (Fsp3) is 0.320. The second-order valence-electron chi connectivity index (χ2n) is 8.82. The third-order valence-corrected chi connectivity index (χ3v) is 8.10. The van der Waals surface area contributed by atoms with Crippen molar-refractivity contribution in [3.05, 3.63) is 71.4 Å². The topological polar surface area (TPSA) is 95.9 Å². The van der Waals surface area contributed by atoms with E-state index < -0.39 is 34.1 Å². The van der Waals surface area contributed by atoms with E-state index in [4.69, 9.17) is 4.74 Å². The van der Waals surface area contributed by atoms with Crippen LogP contribution >= 0.6 is 11.8 Å². The Labute approximate surface area is 224 Å². The van der Waals surface area contributed by atoms with Crippen LogP contribution in [0.5, 0.6) is 0 Å². The van der Waals surface area contributed by atoms with Gasteiger partial charge in [0, 0.05) is 30.6 Å². The first kappa shape index (κ1) is 27.7. The highest BCUT2D eigenvalue weighted by Crippen LogP contribution is 2.35. The third-order valence-electron chi connectivity index (χ3n) is 5.87. The number of urea groups is 1. The fourth-order valence-corrected chi connectivity index (χ4v) is 5.90. The summed E-state index contributed by atoms with van der Waals surface area (Å²) in [6.07, 6.45) is 3.49. The van der Waals surface area contributed by atoms with Crippen molar-refractivity contribution in [2.24, 2.45) is 0 Å². The fourth-order valence-electron chi connectivity index (χ4n) is 4.08. The predicted octanol–water partition coefficient (Wildman–Crippen LogP) is 4.77. The number of benzene rings is 2. The van der Waals surface area contributed by atoms with Gasteiger partial charge in [0.1, 0.15) is 24.2 Å². The van der Waals surface area contributed by atoms with Crippen LogP contribution in [-0.2, 0) is 27.1 Å². The number of hydrogen-bond donors (Lipinski definition) is 0. The number of sulfonamides is 1. The van der Waals surface area contributed by atoms with Gasteiger partial charge in [0.25, 0.3) is 0 Å². The Morgan fingerprint density at radius 1 is 1.16 bits per heavy atom. The zero-order valence-electron chi connectivity index (χ0n) is 21.3. The van der Waals surface area contributed by atoms with Crippen LogP contribution < -0.4 is 14.1 Å².